The number of nitrogens with zero attached hydrogens (tertiary/aromatic N) is 4. The van der Waals surface area contributed by atoms with Crippen LogP contribution in [0.2, 0.25) is 5.15 Å². The fourth-order valence-electron chi connectivity index (χ4n) is 3.04. The third-order valence-electron chi connectivity index (χ3n) is 4.16. The Morgan fingerprint density at radius 2 is 2.32 bits per heavy atom. The molecule has 0 bridgehead atoms. The summed E-state index contributed by atoms with van der Waals surface area (Å²) < 4.78 is 7.93. The lowest BCUT2D eigenvalue weighted by Crippen LogP contribution is -2.26. The van der Waals surface area contributed by atoms with Crippen molar-refractivity contribution in [3.63, 3.8) is 0 Å². The second-order valence-electron chi connectivity index (χ2n) is 6.39. The smallest absolute Gasteiger partial charge is 0.165 e. The maximum Gasteiger partial charge on any atom is 0.165 e. The van der Waals surface area contributed by atoms with Crippen molar-refractivity contribution in [2.75, 3.05) is 6.61 Å². The predicted molar refractivity (Wildman–Crippen MR) is 87.1 cm³/mol. The number of fused-ring (bicyclic) bond motifs is 1. The van der Waals surface area contributed by atoms with E-state index < -0.39 is 0 Å². The van der Waals surface area contributed by atoms with Gasteiger partial charge in [-0.05, 0) is 19.3 Å². The van der Waals surface area contributed by atoms with Crippen molar-refractivity contribution < 1.29 is 4.74 Å². The summed E-state index contributed by atoms with van der Waals surface area (Å²) in [5, 5.41) is 0.395. The van der Waals surface area contributed by atoms with Gasteiger partial charge in [-0.3, -0.25) is 0 Å². The lowest BCUT2D eigenvalue weighted by molar-refractivity contribution is 0.0963. The molecular weight excluding hydrogens is 300 g/mol. The SMILES string of the molecule is C=CCC(C)(C)c1nc2c(Cl)ncnc2n1CC1CCCO1. The van der Waals surface area contributed by atoms with E-state index in [1.807, 2.05) is 6.08 Å². The largest absolute Gasteiger partial charge is 0.376 e. The standard InChI is InChI=1S/C16H21ClN4O/c1-4-7-16(2,3)15-20-12-13(17)18-10-19-14(12)21(15)9-11-6-5-8-22-11/h4,10-11H,1,5-9H2,2-3H3. The van der Waals surface area contributed by atoms with E-state index in [1.54, 1.807) is 0 Å². The van der Waals surface area contributed by atoms with E-state index >= 15 is 0 Å². The third-order valence-corrected chi connectivity index (χ3v) is 4.43. The Kier molecular flexibility index (Phi) is 4.19. The van der Waals surface area contributed by atoms with Crippen LogP contribution in [-0.4, -0.2) is 32.2 Å². The molecule has 1 atom stereocenters. The first-order valence-corrected chi connectivity index (χ1v) is 8.00. The van der Waals surface area contributed by atoms with Crippen LogP contribution in [0.5, 0.6) is 0 Å². The van der Waals surface area contributed by atoms with Crippen LogP contribution in [0.4, 0.5) is 0 Å². The number of imidazole rings is 1. The molecule has 0 radical (unpaired) electrons. The van der Waals surface area contributed by atoms with Gasteiger partial charge < -0.3 is 9.30 Å². The average molecular weight is 321 g/mol. The molecule has 0 aliphatic carbocycles. The summed E-state index contributed by atoms with van der Waals surface area (Å²) in [6, 6.07) is 0. The monoisotopic (exact) mass is 320 g/mol. The van der Waals surface area contributed by atoms with Crippen molar-refractivity contribution in [1.82, 2.24) is 19.5 Å². The molecule has 2 aromatic rings. The second kappa shape index (κ2) is 5.97. The summed E-state index contributed by atoms with van der Waals surface area (Å²) in [6.45, 7) is 9.75. The zero-order valence-electron chi connectivity index (χ0n) is 13.0. The lowest BCUT2D eigenvalue weighted by Gasteiger charge is -2.24. The molecule has 6 heteroatoms. The highest BCUT2D eigenvalue weighted by Crippen LogP contribution is 2.32. The number of aromatic nitrogens is 4. The molecule has 3 heterocycles. The van der Waals surface area contributed by atoms with E-state index in [0.29, 0.717) is 10.7 Å². The number of ether oxygens (including phenoxy) is 1. The molecule has 1 aliphatic heterocycles. The zero-order valence-corrected chi connectivity index (χ0v) is 13.8. The molecule has 1 aliphatic rings. The van der Waals surface area contributed by atoms with Gasteiger partial charge in [0.25, 0.3) is 0 Å². The third kappa shape index (κ3) is 2.75. The zero-order chi connectivity index (χ0) is 15.7. The van der Waals surface area contributed by atoms with Gasteiger partial charge in [0.1, 0.15) is 17.7 Å². The minimum absolute atomic E-state index is 0.148. The van der Waals surface area contributed by atoms with E-state index in [-0.39, 0.29) is 11.5 Å². The molecule has 118 valence electrons. The summed E-state index contributed by atoms with van der Waals surface area (Å²) in [7, 11) is 0. The van der Waals surface area contributed by atoms with Crippen molar-refractivity contribution in [1.29, 1.82) is 0 Å². The van der Waals surface area contributed by atoms with E-state index in [4.69, 9.17) is 21.3 Å². The van der Waals surface area contributed by atoms with Crippen LogP contribution < -0.4 is 0 Å². The minimum atomic E-state index is -0.148. The topological polar surface area (TPSA) is 52.8 Å². The average Bonchev–Trinajstić information content (AvgIpc) is 3.09. The van der Waals surface area contributed by atoms with Crippen molar-refractivity contribution in [3.05, 3.63) is 30.0 Å². The normalized spacial score (nSPS) is 19.0. The van der Waals surface area contributed by atoms with Crippen LogP contribution in [0.3, 0.4) is 0 Å². The van der Waals surface area contributed by atoms with Gasteiger partial charge in [-0.2, -0.15) is 0 Å². The molecule has 1 saturated heterocycles. The number of halogens is 1. The first-order chi connectivity index (χ1) is 10.5. The maximum absolute atomic E-state index is 6.21. The van der Waals surface area contributed by atoms with Crippen LogP contribution in [0.1, 0.15) is 38.9 Å². The van der Waals surface area contributed by atoms with Crippen LogP contribution in [0.15, 0.2) is 19.0 Å². The van der Waals surface area contributed by atoms with Crippen LogP contribution in [0.25, 0.3) is 11.2 Å². The number of rotatable bonds is 5. The Labute approximate surface area is 135 Å². The van der Waals surface area contributed by atoms with Crippen LogP contribution in [-0.2, 0) is 16.7 Å². The molecule has 0 aromatic carbocycles. The number of allylic oxidation sites excluding steroid dienone is 1. The summed E-state index contributed by atoms with van der Waals surface area (Å²) in [6.07, 6.45) is 6.63. The fourth-order valence-corrected chi connectivity index (χ4v) is 3.21. The van der Waals surface area contributed by atoms with Crippen molar-refractivity contribution >= 4 is 22.8 Å². The van der Waals surface area contributed by atoms with Crippen molar-refractivity contribution in [3.8, 4) is 0 Å². The molecule has 1 unspecified atom stereocenters. The minimum Gasteiger partial charge on any atom is -0.376 e. The van der Waals surface area contributed by atoms with Gasteiger partial charge in [0, 0.05) is 12.0 Å². The Morgan fingerprint density at radius 1 is 1.50 bits per heavy atom. The summed E-state index contributed by atoms with van der Waals surface area (Å²) in [5.74, 6) is 0.959. The molecule has 0 saturated carbocycles. The van der Waals surface area contributed by atoms with Gasteiger partial charge in [-0.1, -0.05) is 31.5 Å². The van der Waals surface area contributed by atoms with Crippen LogP contribution >= 0.6 is 11.6 Å². The maximum atomic E-state index is 6.21. The predicted octanol–water partition coefficient (Wildman–Crippen LogP) is 3.51. The van der Waals surface area contributed by atoms with E-state index in [1.165, 1.54) is 6.33 Å². The summed E-state index contributed by atoms with van der Waals surface area (Å²) in [4.78, 5) is 13.2. The van der Waals surface area contributed by atoms with Gasteiger partial charge in [-0.15, -0.1) is 6.58 Å². The quantitative estimate of drug-likeness (QED) is 0.625. The molecular formula is C16H21ClN4O. The molecule has 0 N–H and O–H groups in total. The van der Waals surface area contributed by atoms with Crippen molar-refractivity contribution in [2.24, 2.45) is 0 Å². The van der Waals surface area contributed by atoms with Crippen LogP contribution in [0, 0.1) is 0 Å². The van der Waals surface area contributed by atoms with Gasteiger partial charge in [0.2, 0.25) is 0 Å². The van der Waals surface area contributed by atoms with Gasteiger partial charge >= 0.3 is 0 Å². The Morgan fingerprint density at radius 3 is 3.00 bits per heavy atom. The van der Waals surface area contributed by atoms with E-state index in [0.717, 1.165) is 43.9 Å². The molecule has 1 fully saturated rings. The van der Waals surface area contributed by atoms with Gasteiger partial charge in [-0.25, -0.2) is 15.0 Å². The molecule has 22 heavy (non-hydrogen) atoms. The van der Waals surface area contributed by atoms with Gasteiger partial charge in [0.05, 0.1) is 12.6 Å². The highest BCUT2D eigenvalue weighted by molar-refractivity contribution is 6.33. The highest BCUT2D eigenvalue weighted by Gasteiger charge is 2.30. The highest BCUT2D eigenvalue weighted by atomic mass is 35.5. The molecule has 0 spiro atoms. The second-order valence-corrected chi connectivity index (χ2v) is 6.75. The molecule has 3 rings (SSSR count). The summed E-state index contributed by atoms with van der Waals surface area (Å²) >= 11 is 6.21. The van der Waals surface area contributed by atoms with E-state index in [9.17, 15) is 0 Å². The Hall–Kier alpha value is -1.46. The molecule has 0 amide bonds. The number of hydrogen-bond acceptors (Lipinski definition) is 4. The first kappa shape index (κ1) is 15.4. The Bertz CT molecular complexity index is 689. The number of hydrogen-bond donors (Lipinski definition) is 0. The fraction of sp³-hybridized carbons (Fsp3) is 0.562. The lowest BCUT2D eigenvalue weighted by atomic mass is 9.88. The van der Waals surface area contributed by atoms with Crippen molar-refractivity contribution in [2.45, 2.75) is 51.2 Å². The first-order valence-electron chi connectivity index (χ1n) is 7.62. The summed E-state index contributed by atoms with van der Waals surface area (Å²) in [5.41, 5.74) is 1.29. The molecule has 5 nitrogen and oxygen atoms in total. The van der Waals surface area contributed by atoms with Gasteiger partial charge in [0.15, 0.2) is 10.8 Å². The van der Waals surface area contributed by atoms with E-state index in [2.05, 4.69) is 35.0 Å². The molecule has 2 aromatic heterocycles. The Balaban J connectivity index is 2.12.